The summed E-state index contributed by atoms with van der Waals surface area (Å²) in [4.78, 5) is 28.4. The van der Waals surface area contributed by atoms with Crippen molar-refractivity contribution < 1.29 is 9.59 Å². The van der Waals surface area contributed by atoms with Gasteiger partial charge in [-0.1, -0.05) is 24.3 Å². The molecule has 5 nitrogen and oxygen atoms in total. The number of benzene rings is 2. The highest BCUT2D eigenvalue weighted by molar-refractivity contribution is 5.94. The number of hydrogen-bond acceptors (Lipinski definition) is 3. The maximum absolute atomic E-state index is 12.9. The predicted octanol–water partition coefficient (Wildman–Crippen LogP) is 2.99. The molecule has 2 aromatic rings. The average molecular weight is 377 g/mol. The topological polar surface area (TPSA) is 52.7 Å². The van der Waals surface area contributed by atoms with Gasteiger partial charge in [0.25, 0.3) is 5.91 Å². The quantitative estimate of drug-likeness (QED) is 0.895. The molecule has 1 atom stereocenters. The van der Waals surface area contributed by atoms with E-state index in [4.69, 9.17) is 0 Å². The summed E-state index contributed by atoms with van der Waals surface area (Å²) >= 11 is 0. The first kappa shape index (κ1) is 18.5. The minimum Gasteiger partial charge on any atom is -0.367 e. The number of fused-ring (bicyclic) bond motifs is 1. The second-order valence-corrected chi connectivity index (χ2v) is 7.78. The fourth-order valence-corrected chi connectivity index (χ4v) is 4.28. The van der Waals surface area contributed by atoms with Crippen LogP contribution in [-0.4, -0.2) is 42.4 Å². The van der Waals surface area contributed by atoms with E-state index in [1.54, 1.807) is 0 Å². The molecule has 0 saturated carbocycles. The molecular weight excluding hydrogens is 350 g/mol. The minimum atomic E-state index is -0.0354. The van der Waals surface area contributed by atoms with Crippen LogP contribution in [0.2, 0.25) is 0 Å². The number of rotatable bonds is 3. The molecule has 4 rings (SSSR count). The molecule has 2 aliphatic heterocycles. The number of carbonyl (C=O) groups excluding carboxylic acids is 2. The van der Waals surface area contributed by atoms with Gasteiger partial charge in [-0.3, -0.25) is 9.59 Å². The summed E-state index contributed by atoms with van der Waals surface area (Å²) in [5, 5.41) is 2.94. The first-order valence-corrected chi connectivity index (χ1v) is 10.1. The Labute approximate surface area is 166 Å². The van der Waals surface area contributed by atoms with E-state index in [9.17, 15) is 9.59 Å². The molecule has 2 heterocycles. The van der Waals surface area contributed by atoms with Gasteiger partial charge in [0.2, 0.25) is 5.91 Å². The Morgan fingerprint density at radius 1 is 1.00 bits per heavy atom. The fourth-order valence-electron chi connectivity index (χ4n) is 4.28. The number of nitrogens with one attached hydrogen (secondary N) is 1. The molecular formula is C23H27N3O2. The van der Waals surface area contributed by atoms with Crippen molar-refractivity contribution in [2.24, 2.45) is 0 Å². The SMILES string of the molecule is CC(=O)N[C@@H]1CCCN(C(=O)c2ccc(N3CCc4ccccc4C3)cc2)C1. The second-order valence-electron chi connectivity index (χ2n) is 7.78. The van der Waals surface area contributed by atoms with Gasteiger partial charge in [-0.25, -0.2) is 0 Å². The highest BCUT2D eigenvalue weighted by atomic mass is 16.2. The molecule has 0 spiro atoms. The van der Waals surface area contributed by atoms with Crippen molar-refractivity contribution in [3.05, 3.63) is 65.2 Å². The van der Waals surface area contributed by atoms with Crippen molar-refractivity contribution in [2.45, 2.75) is 38.8 Å². The number of anilines is 1. The monoisotopic (exact) mass is 377 g/mol. The van der Waals surface area contributed by atoms with Crippen molar-refractivity contribution in [2.75, 3.05) is 24.5 Å². The summed E-state index contributed by atoms with van der Waals surface area (Å²) in [6, 6.07) is 16.6. The van der Waals surface area contributed by atoms with Gasteiger partial charge in [0.15, 0.2) is 0 Å². The molecule has 28 heavy (non-hydrogen) atoms. The Morgan fingerprint density at radius 2 is 1.75 bits per heavy atom. The molecule has 0 bridgehead atoms. The highest BCUT2D eigenvalue weighted by Gasteiger charge is 2.25. The molecule has 5 heteroatoms. The van der Waals surface area contributed by atoms with E-state index in [1.165, 1.54) is 18.1 Å². The highest BCUT2D eigenvalue weighted by Crippen LogP contribution is 2.25. The van der Waals surface area contributed by atoms with Crippen LogP contribution in [0.4, 0.5) is 5.69 Å². The summed E-state index contributed by atoms with van der Waals surface area (Å²) in [6.45, 7) is 4.77. The van der Waals surface area contributed by atoms with E-state index in [2.05, 4.69) is 46.6 Å². The number of nitrogens with zero attached hydrogens (tertiary/aromatic N) is 2. The van der Waals surface area contributed by atoms with Crippen LogP contribution in [0, 0.1) is 0 Å². The van der Waals surface area contributed by atoms with Gasteiger partial charge < -0.3 is 15.1 Å². The van der Waals surface area contributed by atoms with E-state index in [0.29, 0.717) is 12.1 Å². The van der Waals surface area contributed by atoms with Crippen LogP contribution >= 0.6 is 0 Å². The number of piperidine rings is 1. The molecule has 0 unspecified atom stereocenters. The summed E-state index contributed by atoms with van der Waals surface area (Å²) in [5.41, 5.74) is 4.68. The van der Waals surface area contributed by atoms with Crippen LogP contribution in [0.25, 0.3) is 0 Å². The third-order valence-corrected chi connectivity index (χ3v) is 5.73. The van der Waals surface area contributed by atoms with Gasteiger partial charge >= 0.3 is 0 Å². The zero-order valence-corrected chi connectivity index (χ0v) is 16.4. The van der Waals surface area contributed by atoms with Crippen molar-refractivity contribution >= 4 is 17.5 Å². The number of carbonyl (C=O) groups is 2. The molecule has 2 aliphatic rings. The van der Waals surface area contributed by atoms with Crippen molar-refractivity contribution in [1.29, 1.82) is 0 Å². The van der Waals surface area contributed by atoms with E-state index < -0.39 is 0 Å². The van der Waals surface area contributed by atoms with Gasteiger partial charge in [-0.05, 0) is 54.7 Å². The fraction of sp³-hybridized carbons (Fsp3) is 0.391. The average Bonchev–Trinajstić information content (AvgIpc) is 2.73. The van der Waals surface area contributed by atoms with Crippen LogP contribution in [0.5, 0.6) is 0 Å². The maximum atomic E-state index is 12.9. The normalized spacial score (nSPS) is 19.1. The number of hydrogen-bond donors (Lipinski definition) is 1. The molecule has 2 amide bonds. The van der Waals surface area contributed by atoms with Crippen LogP contribution in [0.15, 0.2) is 48.5 Å². The Balaban J connectivity index is 1.42. The lowest BCUT2D eigenvalue weighted by atomic mass is 9.99. The first-order valence-electron chi connectivity index (χ1n) is 10.1. The second kappa shape index (κ2) is 8.05. The van der Waals surface area contributed by atoms with Crippen LogP contribution < -0.4 is 10.2 Å². The van der Waals surface area contributed by atoms with E-state index in [-0.39, 0.29) is 17.9 Å². The van der Waals surface area contributed by atoms with Crippen LogP contribution in [-0.2, 0) is 17.8 Å². The smallest absolute Gasteiger partial charge is 0.253 e. The lowest BCUT2D eigenvalue weighted by molar-refractivity contribution is -0.120. The van der Waals surface area contributed by atoms with Gasteiger partial charge in [-0.15, -0.1) is 0 Å². The van der Waals surface area contributed by atoms with Gasteiger partial charge in [0.1, 0.15) is 0 Å². The summed E-state index contributed by atoms with van der Waals surface area (Å²) in [6.07, 6.45) is 2.90. The molecule has 146 valence electrons. The van der Waals surface area contributed by atoms with Crippen molar-refractivity contribution in [1.82, 2.24) is 10.2 Å². The molecule has 0 aliphatic carbocycles. The van der Waals surface area contributed by atoms with Crippen LogP contribution in [0.3, 0.4) is 0 Å². The minimum absolute atomic E-state index is 0.0354. The van der Waals surface area contributed by atoms with Crippen molar-refractivity contribution in [3.8, 4) is 0 Å². The largest absolute Gasteiger partial charge is 0.367 e. The van der Waals surface area contributed by atoms with Gasteiger partial charge in [-0.2, -0.15) is 0 Å². The lowest BCUT2D eigenvalue weighted by Crippen LogP contribution is -2.49. The van der Waals surface area contributed by atoms with E-state index >= 15 is 0 Å². The maximum Gasteiger partial charge on any atom is 0.253 e. The van der Waals surface area contributed by atoms with Crippen LogP contribution in [0.1, 0.15) is 41.3 Å². The zero-order valence-electron chi connectivity index (χ0n) is 16.4. The Hall–Kier alpha value is -2.82. The summed E-state index contributed by atoms with van der Waals surface area (Å²) < 4.78 is 0. The third kappa shape index (κ3) is 4.03. The molecule has 0 radical (unpaired) electrons. The summed E-state index contributed by atoms with van der Waals surface area (Å²) in [5.74, 6) is 0.0114. The molecule has 0 aromatic heterocycles. The Morgan fingerprint density at radius 3 is 2.50 bits per heavy atom. The van der Waals surface area contributed by atoms with E-state index in [0.717, 1.165) is 44.6 Å². The van der Waals surface area contributed by atoms with Gasteiger partial charge in [0.05, 0.1) is 0 Å². The molecule has 1 N–H and O–H groups in total. The predicted molar refractivity (Wildman–Crippen MR) is 110 cm³/mol. The Bertz CT molecular complexity index is 862. The van der Waals surface area contributed by atoms with Gasteiger partial charge in [0, 0.05) is 50.4 Å². The number of amides is 2. The lowest BCUT2D eigenvalue weighted by Gasteiger charge is -2.33. The Kier molecular flexibility index (Phi) is 5.33. The van der Waals surface area contributed by atoms with E-state index in [1.807, 2.05) is 17.0 Å². The standard InChI is InChI=1S/C23H27N3O2/c1-17(27)24-21-7-4-13-26(16-21)23(28)19-8-10-22(11-9-19)25-14-12-18-5-2-3-6-20(18)15-25/h2-3,5-6,8-11,21H,4,7,12-16H2,1H3,(H,24,27)/t21-/m1/s1. The summed E-state index contributed by atoms with van der Waals surface area (Å²) in [7, 11) is 0. The molecule has 2 aromatic carbocycles. The number of likely N-dealkylation sites (tertiary alicyclic amines) is 1. The molecule has 1 fully saturated rings. The van der Waals surface area contributed by atoms with Crippen molar-refractivity contribution in [3.63, 3.8) is 0 Å². The zero-order chi connectivity index (χ0) is 19.5. The molecule has 1 saturated heterocycles. The first-order chi connectivity index (χ1) is 13.6. The third-order valence-electron chi connectivity index (χ3n) is 5.73.